The number of carbonyl (C=O) groups excluding carboxylic acids is 2. The predicted octanol–water partition coefficient (Wildman–Crippen LogP) is -0.505. The number of hydrogen-bond acceptors (Lipinski definition) is 4. The number of carbonyl (C=O) groups is 2. The molecule has 1 fully saturated rings. The van der Waals surface area contributed by atoms with Crippen molar-refractivity contribution in [3.63, 3.8) is 0 Å². The van der Waals surface area contributed by atoms with Crippen molar-refractivity contribution >= 4 is 22.8 Å². The molecule has 0 saturated carbocycles. The molecular formula is C3H2NO2S. The highest BCUT2D eigenvalue weighted by molar-refractivity contribution is 8.14. The molecule has 1 aliphatic rings. The fraction of sp³-hybridized carbons (Fsp3) is 0. The number of Topliss-reactive ketones (excluding diaryl/α,β-unsaturated/α-hetero) is 1. The average Bonchev–Trinajstić information content (AvgIpc) is 1.91. The molecular weight excluding hydrogens is 114 g/mol. The molecule has 1 rings (SSSR count). The predicted molar refractivity (Wildman–Crippen MR) is 25.0 cm³/mol. The summed E-state index contributed by atoms with van der Waals surface area (Å²) in [7, 11) is 0. The summed E-state index contributed by atoms with van der Waals surface area (Å²) in [5.41, 5.74) is 0. The molecule has 0 unspecified atom stereocenters. The summed E-state index contributed by atoms with van der Waals surface area (Å²) >= 11 is 0.811. The Balaban J connectivity index is 2.65. The maximum atomic E-state index is 10.1. The highest BCUT2D eigenvalue weighted by Crippen LogP contribution is 2.06. The number of rotatable bonds is 0. The van der Waals surface area contributed by atoms with E-state index in [9.17, 15) is 9.59 Å². The van der Waals surface area contributed by atoms with Crippen molar-refractivity contribution in [1.29, 1.82) is 0 Å². The molecule has 0 amide bonds. The Kier molecular flexibility index (Phi) is 1.12. The Labute approximate surface area is 44.6 Å². The van der Waals surface area contributed by atoms with Crippen LogP contribution in [0.25, 0.3) is 0 Å². The van der Waals surface area contributed by atoms with E-state index in [0.29, 0.717) is 0 Å². The van der Waals surface area contributed by atoms with Gasteiger partial charge < -0.3 is 0 Å². The largest absolute Gasteiger partial charge is 0.288 e. The summed E-state index contributed by atoms with van der Waals surface area (Å²) in [6.07, 6.45) is 0. The van der Waals surface area contributed by atoms with E-state index in [1.165, 1.54) is 0 Å². The molecule has 0 aromatic carbocycles. The van der Waals surface area contributed by atoms with E-state index < -0.39 is 10.9 Å². The van der Waals surface area contributed by atoms with Gasteiger partial charge in [0.05, 0.1) is 0 Å². The number of nitrogens with one attached hydrogen (secondary N) is 1. The Bertz CT molecular complexity index is 108. The van der Waals surface area contributed by atoms with Crippen molar-refractivity contribution in [3.8, 4) is 0 Å². The van der Waals surface area contributed by atoms with E-state index in [1.54, 1.807) is 0 Å². The smallest absolute Gasteiger partial charge is 0.271 e. The van der Waals surface area contributed by atoms with Gasteiger partial charge in [0.25, 0.3) is 5.12 Å². The van der Waals surface area contributed by atoms with Gasteiger partial charge in [-0.3, -0.25) is 9.59 Å². The Morgan fingerprint density at radius 2 is 2.29 bits per heavy atom. The molecule has 1 N–H and O–H groups in total. The first kappa shape index (κ1) is 4.80. The van der Waals surface area contributed by atoms with Gasteiger partial charge >= 0.3 is 0 Å². The third-order valence-corrected chi connectivity index (χ3v) is 1.17. The summed E-state index contributed by atoms with van der Waals surface area (Å²) in [6.45, 7) is 1.15. The van der Waals surface area contributed by atoms with Crippen LogP contribution in [0, 0.1) is 6.54 Å². The molecule has 1 aliphatic heterocycles. The first-order chi connectivity index (χ1) is 3.30. The SMILES string of the molecule is O=C1[CH]NSC1=O. The second kappa shape index (κ2) is 1.63. The van der Waals surface area contributed by atoms with Crippen LogP contribution in [0.5, 0.6) is 0 Å². The van der Waals surface area contributed by atoms with Crippen LogP contribution in [-0.4, -0.2) is 10.9 Å². The topological polar surface area (TPSA) is 46.2 Å². The van der Waals surface area contributed by atoms with Crippen molar-refractivity contribution in [2.24, 2.45) is 0 Å². The van der Waals surface area contributed by atoms with E-state index >= 15 is 0 Å². The lowest BCUT2D eigenvalue weighted by molar-refractivity contribution is -0.129. The Morgan fingerprint density at radius 3 is 2.43 bits per heavy atom. The van der Waals surface area contributed by atoms with Gasteiger partial charge in [-0.15, -0.1) is 0 Å². The zero-order chi connectivity index (χ0) is 5.28. The molecule has 1 radical (unpaired) electrons. The van der Waals surface area contributed by atoms with E-state index in [4.69, 9.17) is 0 Å². The molecule has 37 valence electrons. The fourth-order valence-corrected chi connectivity index (χ4v) is 0.678. The normalized spacial score (nSPS) is 21.1. The van der Waals surface area contributed by atoms with E-state index in [-0.39, 0.29) is 0 Å². The van der Waals surface area contributed by atoms with Crippen LogP contribution in [0.15, 0.2) is 0 Å². The maximum Gasteiger partial charge on any atom is 0.271 e. The van der Waals surface area contributed by atoms with Gasteiger partial charge in [0.2, 0.25) is 5.78 Å². The molecule has 0 atom stereocenters. The lowest BCUT2D eigenvalue weighted by Crippen LogP contribution is -2.01. The van der Waals surface area contributed by atoms with Crippen LogP contribution in [0.3, 0.4) is 0 Å². The van der Waals surface area contributed by atoms with Crippen LogP contribution in [-0.2, 0) is 9.59 Å². The highest BCUT2D eigenvalue weighted by atomic mass is 32.2. The molecule has 1 saturated heterocycles. The number of ketones is 1. The van der Waals surface area contributed by atoms with Crippen LogP contribution in [0.2, 0.25) is 0 Å². The van der Waals surface area contributed by atoms with Crippen molar-refractivity contribution in [1.82, 2.24) is 4.72 Å². The molecule has 0 spiro atoms. The second-order valence-electron chi connectivity index (χ2n) is 1.02. The van der Waals surface area contributed by atoms with Crippen molar-refractivity contribution in [3.05, 3.63) is 6.54 Å². The molecule has 4 heteroatoms. The van der Waals surface area contributed by atoms with Gasteiger partial charge in [-0.2, -0.15) is 0 Å². The highest BCUT2D eigenvalue weighted by Gasteiger charge is 2.21. The minimum absolute atomic E-state index is 0.431. The quantitative estimate of drug-likeness (QED) is 0.342. The fourth-order valence-electron chi connectivity index (χ4n) is 0.246. The summed E-state index contributed by atoms with van der Waals surface area (Å²) in [6, 6.07) is 0. The minimum Gasteiger partial charge on any atom is -0.288 e. The lowest BCUT2D eigenvalue weighted by atomic mass is 10.5. The first-order valence-corrected chi connectivity index (χ1v) is 2.46. The second-order valence-corrected chi connectivity index (χ2v) is 1.83. The van der Waals surface area contributed by atoms with Gasteiger partial charge in [0.1, 0.15) is 6.54 Å². The zero-order valence-corrected chi connectivity index (χ0v) is 4.12. The molecule has 3 nitrogen and oxygen atoms in total. The van der Waals surface area contributed by atoms with E-state index in [1.807, 2.05) is 0 Å². The Morgan fingerprint density at radius 1 is 1.57 bits per heavy atom. The zero-order valence-electron chi connectivity index (χ0n) is 3.30. The molecule has 7 heavy (non-hydrogen) atoms. The van der Waals surface area contributed by atoms with Crippen LogP contribution < -0.4 is 4.72 Å². The van der Waals surface area contributed by atoms with Gasteiger partial charge in [-0.25, -0.2) is 4.72 Å². The van der Waals surface area contributed by atoms with Gasteiger partial charge in [-0.05, 0) is 0 Å². The molecule has 0 aliphatic carbocycles. The lowest BCUT2D eigenvalue weighted by Gasteiger charge is -1.71. The summed E-state index contributed by atoms with van der Waals surface area (Å²) < 4.78 is 2.41. The summed E-state index contributed by atoms with van der Waals surface area (Å²) in [5, 5.41) is -0.431. The first-order valence-electron chi connectivity index (χ1n) is 1.64. The molecule has 1 heterocycles. The third kappa shape index (κ3) is 0.808. The Hall–Kier alpha value is -0.350. The third-order valence-electron chi connectivity index (χ3n) is 0.543. The molecule has 0 aromatic rings. The molecule has 0 aromatic heterocycles. The average molecular weight is 116 g/mol. The summed E-state index contributed by atoms with van der Waals surface area (Å²) in [4.78, 5) is 20.2. The number of hydrogen-bond donors (Lipinski definition) is 1. The molecule has 0 bridgehead atoms. The monoisotopic (exact) mass is 116 g/mol. The van der Waals surface area contributed by atoms with Crippen LogP contribution in [0.1, 0.15) is 0 Å². The van der Waals surface area contributed by atoms with Gasteiger partial charge in [0, 0.05) is 11.9 Å². The van der Waals surface area contributed by atoms with Crippen molar-refractivity contribution in [2.45, 2.75) is 0 Å². The van der Waals surface area contributed by atoms with E-state index in [2.05, 4.69) is 4.72 Å². The van der Waals surface area contributed by atoms with Crippen molar-refractivity contribution in [2.75, 3.05) is 0 Å². The minimum atomic E-state index is -0.454. The van der Waals surface area contributed by atoms with Gasteiger partial charge in [0.15, 0.2) is 0 Å². The van der Waals surface area contributed by atoms with E-state index in [0.717, 1.165) is 18.5 Å². The van der Waals surface area contributed by atoms with Gasteiger partial charge in [-0.1, -0.05) is 0 Å². The summed E-state index contributed by atoms with van der Waals surface area (Å²) in [5.74, 6) is -0.454. The standard InChI is InChI=1S/C3H2NO2S/c5-2-1-4-7-3(2)6/h1,4H. The van der Waals surface area contributed by atoms with Crippen LogP contribution in [0.4, 0.5) is 0 Å². The van der Waals surface area contributed by atoms with Crippen molar-refractivity contribution < 1.29 is 9.59 Å². The van der Waals surface area contributed by atoms with Crippen LogP contribution >= 0.6 is 11.9 Å². The maximum absolute atomic E-state index is 10.1.